The number of nitrogens with zero attached hydrogens (tertiary/aromatic N) is 2. The van der Waals surface area contributed by atoms with Gasteiger partial charge in [0.2, 0.25) is 0 Å². The first-order valence-corrected chi connectivity index (χ1v) is 15.9. The van der Waals surface area contributed by atoms with Crippen LogP contribution in [0.25, 0.3) is 0 Å². The summed E-state index contributed by atoms with van der Waals surface area (Å²) in [6.45, 7) is 12.6. The van der Waals surface area contributed by atoms with Gasteiger partial charge in [-0.2, -0.15) is 8.42 Å². The van der Waals surface area contributed by atoms with E-state index in [1.807, 2.05) is 6.92 Å². The Morgan fingerprint density at radius 2 is 1.56 bits per heavy atom. The number of carbonyl (C=O) groups excluding carboxylic acids is 2. The number of rotatable bonds is 10. The topological polar surface area (TPSA) is 168 Å². The first kappa shape index (κ1) is 35.8. The van der Waals surface area contributed by atoms with E-state index in [4.69, 9.17) is 27.9 Å². The smallest absolute Gasteiger partial charge is 0.431 e. The second-order valence-electron chi connectivity index (χ2n) is 12.7. The molecule has 2 aromatic rings. The monoisotopic (exact) mass is 654 g/mol. The van der Waals surface area contributed by atoms with Gasteiger partial charge in [-0.3, -0.25) is 18.1 Å². The van der Waals surface area contributed by atoms with Gasteiger partial charge in [0.05, 0.1) is 11.5 Å². The Kier molecular flexibility index (Phi) is 11.3. The predicted octanol–water partition coefficient (Wildman–Crippen LogP) is 3.98. The second kappa shape index (κ2) is 14.2. The Morgan fingerprint density at radius 3 is 2.16 bits per heavy atom. The molecule has 250 valence electrons. The van der Waals surface area contributed by atoms with Crippen LogP contribution in [-0.4, -0.2) is 66.5 Å². The van der Waals surface area contributed by atoms with Crippen molar-refractivity contribution in [2.75, 3.05) is 13.2 Å². The van der Waals surface area contributed by atoms with E-state index in [0.29, 0.717) is 0 Å². The summed E-state index contributed by atoms with van der Waals surface area (Å²) in [7, 11) is -4.02. The Morgan fingerprint density at radius 1 is 0.956 bits per heavy atom. The largest absolute Gasteiger partial charge is 0.509 e. The molecule has 1 aliphatic heterocycles. The van der Waals surface area contributed by atoms with Crippen LogP contribution in [0.1, 0.15) is 71.7 Å². The van der Waals surface area contributed by atoms with Crippen LogP contribution in [0.15, 0.2) is 44.9 Å². The maximum Gasteiger partial charge on any atom is 0.509 e. The lowest BCUT2D eigenvalue weighted by Crippen LogP contribution is -2.42. The molecule has 0 bridgehead atoms. The molecule has 1 aromatic carbocycles. The van der Waals surface area contributed by atoms with Gasteiger partial charge in [-0.05, 0) is 73.9 Å². The minimum Gasteiger partial charge on any atom is -0.431 e. The van der Waals surface area contributed by atoms with Crippen molar-refractivity contribution in [1.82, 2.24) is 9.13 Å². The Hall–Kier alpha value is -3.69. The average Bonchev–Trinajstić information content (AvgIpc) is 3.29. The molecule has 15 heteroatoms. The summed E-state index contributed by atoms with van der Waals surface area (Å²) in [4.78, 5) is 51.0. The fourth-order valence-electron chi connectivity index (χ4n) is 4.30. The van der Waals surface area contributed by atoms with Crippen LogP contribution in [0.4, 0.5) is 9.59 Å². The van der Waals surface area contributed by atoms with E-state index in [9.17, 15) is 27.6 Å². The molecule has 3 atom stereocenters. The predicted molar refractivity (Wildman–Crippen MR) is 160 cm³/mol. The second-order valence-corrected chi connectivity index (χ2v) is 14.3. The quantitative estimate of drug-likeness (QED) is 0.206. The molecule has 2 heterocycles. The number of benzene rings is 1. The van der Waals surface area contributed by atoms with Gasteiger partial charge in [0.1, 0.15) is 36.2 Å². The highest BCUT2D eigenvalue weighted by molar-refractivity contribution is 7.86. The third-order valence-corrected chi connectivity index (χ3v) is 7.65. The van der Waals surface area contributed by atoms with Gasteiger partial charge in [-0.25, -0.2) is 14.4 Å². The summed E-state index contributed by atoms with van der Waals surface area (Å²) < 4.78 is 59.3. The molecule has 0 amide bonds. The Bertz CT molecular complexity index is 1580. The minimum atomic E-state index is -4.02. The van der Waals surface area contributed by atoms with Crippen molar-refractivity contribution < 1.29 is 45.9 Å². The third-order valence-electron chi connectivity index (χ3n) is 6.32. The zero-order valence-corrected chi connectivity index (χ0v) is 27.7. The molecule has 1 aromatic heterocycles. The van der Waals surface area contributed by atoms with Crippen LogP contribution >= 0.6 is 0 Å². The van der Waals surface area contributed by atoms with Crippen LogP contribution in [-0.2, 0) is 44.5 Å². The first-order valence-electron chi connectivity index (χ1n) is 14.5. The van der Waals surface area contributed by atoms with E-state index in [1.54, 1.807) is 53.7 Å². The Labute approximate surface area is 262 Å². The zero-order valence-electron chi connectivity index (χ0n) is 26.9. The highest BCUT2D eigenvalue weighted by Gasteiger charge is 2.41. The van der Waals surface area contributed by atoms with Crippen molar-refractivity contribution in [2.45, 2.75) is 109 Å². The molecule has 3 rings (SSSR count). The summed E-state index contributed by atoms with van der Waals surface area (Å²) in [5.41, 5.74) is -1.85. The van der Waals surface area contributed by atoms with Crippen molar-refractivity contribution in [3.63, 3.8) is 0 Å². The zero-order chi connectivity index (χ0) is 33.7. The number of carbonyl (C=O) groups is 2. The molecular formula is C30H42N2O12S. The molecule has 0 spiro atoms. The van der Waals surface area contributed by atoms with Gasteiger partial charge in [-0.1, -0.05) is 17.7 Å². The van der Waals surface area contributed by atoms with Crippen LogP contribution in [0.2, 0.25) is 0 Å². The minimum absolute atomic E-state index is 0.00471. The highest BCUT2D eigenvalue weighted by Crippen LogP contribution is 2.31. The fraction of sp³-hybridized carbons (Fsp3) is 0.600. The summed E-state index contributed by atoms with van der Waals surface area (Å²) in [6, 6.07) is 6.16. The maximum absolute atomic E-state index is 13.5. The van der Waals surface area contributed by atoms with Crippen molar-refractivity contribution >= 4 is 22.4 Å². The van der Waals surface area contributed by atoms with E-state index in [1.165, 1.54) is 29.8 Å². The van der Waals surface area contributed by atoms with E-state index >= 15 is 0 Å². The van der Waals surface area contributed by atoms with Gasteiger partial charge < -0.3 is 23.7 Å². The molecule has 0 saturated carbocycles. The SMILES string of the molecule is Cc1ccc(S(=O)(=O)OCCCn2c(=O)c(C)cn([C@H]3C[C@H](OC(=O)OC(C)(C)C)[C@@H](COC(=O)OC(C)(C)C)O3)c2=O)cc1. The lowest BCUT2D eigenvalue weighted by atomic mass is 10.2. The number of aromatic nitrogens is 2. The molecule has 0 unspecified atom stereocenters. The standard InChI is InChI=1S/C30H42N2O12S/c1-19-10-12-21(13-11-19)45(37,38)40-15-9-14-31-25(33)20(2)17-32(26(31)34)24-16-22(42-28(36)44-30(6,7)8)23(41-24)18-39-27(35)43-29(3,4)5/h10-13,17,22-24H,9,14-16,18H2,1-8H3/t22-,23+,24+/m0/s1. The summed E-state index contributed by atoms with van der Waals surface area (Å²) >= 11 is 0. The van der Waals surface area contributed by atoms with Crippen molar-refractivity contribution in [1.29, 1.82) is 0 Å². The van der Waals surface area contributed by atoms with Gasteiger partial charge in [0.25, 0.3) is 15.7 Å². The lowest BCUT2D eigenvalue weighted by molar-refractivity contribution is -0.0824. The average molecular weight is 655 g/mol. The van der Waals surface area contributed by atoms with Crippen molar-refractivity contribution in [3.05, 3.63) is 62.4 Å². The normalized spacial score (nSPS) is 18.8. The molecule has 0 N–H and O–H groups in total. The number of hydrogen-bond donors (Lipinski definition) is 0. The molecule has 45 heavy (non-hydrogen) atoms. The first-order chi connectivity index (χ1) is 20.8. The van der Waals surface area contributed by atoms with Gasteiger partial charge in [-0.15, -0.1) is 0 Å². The number of aryl methyl sites for hydroxylation is 2. The van der Waals surface area contributed by atoms with E-state index in [0.717, 1.165) is 10.1 Å². The molecule has 1 aliphatic rings. The van der Waals surface area contributed by atoms with Crippen LogP contribution in [0.5, 0.6) is 0 Å². The van der Waals surface area contributed by atoms with Crippen LogP contribution in [0.3, 0.4) is 0 Å². The van der Waals surface area contributed by atoms with Crippen molar-refractivity contribution in [3.8, 4) is 0 Å². The molecule has 14 nitrogen and oxygen atoms in total. The maximum atomic E-state index is 13.5. The Balaban J connectivity index is 1.77. The highest BCUT2D eigenvalue weighted by atomic mass is 32.2. The molecule has 0 radical (unpaired) electrons. The molecular weight excluding hydrogens is 612 g/mol. The van der Waals surface area contributed by atoms with E-state index < -0.39 is 63.3 Å². The molecule has 1 fully saturated rings. The van der Waals surface area contributed by atoms with Crippen LogP contribution in [0, 0.1) is 13.8 Å². The lowest BCUT2D eigenvalue weighted by Gasteiger charge is -2.23. The number of hydrogen-bond acceptors (Lipinski definition) is 12. The summed E-state index contributed by atoms with van der Waals surface area (Å²) in [5.74, 6) is 0. The van der Waals surface area contributed by atoms with Gasteiger partial charge in [0.15, 0.2) is 0 Å². The molecule has 1 saturated heterocycles. The number of ether oxygens (including phenoxy) is 5. The summed E-state index contributed by atoms with van der Waals surface area (Å²) in [5, 5.41) is 0. The third kappa shape index (κ3) is 10.4. The fourth-order valence-corrected chi connectivity index (χ4v) is 5.24. The summed E-state index contributed by atoms with van der Waals surface area (Å²) in [6.07, 6.45) is -3.61. The van der Waals surface area contributed by atoms with Gasteiger partial charge in [0, 0.05) is 24.7 Å². The van der Waals surface area contributed by atoms with E-state index in [2.05, 4.69) is 0 Å². The van der Waals surface area contributed by atoms with Gasteiger partial charge >= 0.3 is 18.0 Å². The van der Waals surface area contributed by atoms with E-state index in [-0.39, 0.29) is 43.1 Å². The van der Waals surface area contributed by atoms with Crippen LogP contribution < -0.4 is 11.2 Å². The molecule has 0 aliphatic carbocycles. The van der Waals surface area contributed by atoms with Crippen molar-refractivity contribution in [2.24, 2.45) is 0 Å².